The SMILES string of the molecule is Bc1ccc(-c2cc(C)c(-c3c(B)c(B)c(O)c(B)c3O)cn2)cc1. The Morgan fingerprint density at radius 1 is 0.840 bits per heavy atom. The molecule has 0 saturated carbocycles. The van der Waals surface area contributed by atoms with Crippen LogP contribution in [-0.4, -0.2) is 46.6 Å². The second-order valence-electron chi connectivity index (χ2n) is 6.70. The third kappa shape index (κ3) is 2.95. The highest BCUT2D eigenvalue weighted by molar-refractivity contribution is 6.55. The van der Waals surface area contributed by atoms with Crippen molar-refractivity contribution in [2.45, 2.75) is 6.92 Å². The number of hydrogen-bond donors (Lipinski definition) is 2. The van der Waals surface area contributed by atoms with Crippen molar-refractivity contribution < 1.29 is 10.2 Å². The van der Waals surface area contributed by atoms with Crippen molar-refractivity contribution in [3.8, 4) is 33.9 Å². The van der Waals surface area contributed by atoms with Crippen LogP contribution in [-0.2, 0) is 0 Å². The van der Waals surface area contributed by atoms with E-state index in [9.17, 15) is 10.2 Å². The van der Waals surface area contributed by atoms with Crippen molar-refractivity contribution in [1.82, 2.24) is 4.98 Å². The van der Waals surface area contributed by atoms with Gasteiger partial charge < -0.3 is 10.2 Å². The Morgan fingerprint density at radius 3 is 2.08 bits per heavy atom. The molecule has 0 radical (unpaired) electrons. The topological polar surface area (TPSA) is 53.4 Å². The predicted molar refractivity (Wildman–Crippen MR) is 116 cm³/mol. The second-order valence-corrected chi connectivity index (χ2v) is 6.70. The number of aromatic hydroxyl groups is 2. The van der Waals surface area contributed by atoms with E-state index in [2.05, 4.69) is 37.1 Å². The highest BCUT2D eigenvalue weighted by atomic mass is 16.3. The first-order chi connectivity index (χ1) is 11.8. The maximum absolute atomic E-state index is 10.6. The molecular formula is C18H19B4NO2. The number of rotatable bonds is 2. The zero-order chi connectivity index (χ0) is 18.3. The molecule has 0 bridgehead atoms. The summed E-state index contributed by atoms with van der Waals surface area (Å²) in [6.45, 7) is 2.02. The molecule has 0 aliphatic rings. The van der Waals surface area contributed by atoms with Crippen LogP contribution in [0.4, 0.5) is 0 Å². The number of phenolic OH excluding ortho intramolecular Hbond substituents is 2. The normalized spacial score (nSPS) is 10.8. The zero-order valence-electron chi connectivity index (χ0n) is 15.3. The van der Waals surface area contributed by atoms with Crippen LogP contribution in [0, 0.1) is 6.92 Å². The molecule has 2 N–H and O–H groups in total. The number of aromatic nitrogens is 1. The van der Waals surface area contributed by atoms with Gasteiger partial charge in [-0.05, 0) is 24.0 Å². The summed E-state index contributed by atoms with van der Waals surface area (Å²) in [5.74, 6) is 0.272. The average molecular weight is 325 g/mol. The van der Waals surface area contributed by atoms with E-state index in [1.54, 1.807) is 7.85 Å². The van der Waals surface area contributed by atoms with E-state index in [1.807, 2.05) is 34.9 Å². The summed E-state index contributed by atoms with van der Waals surface area (Å²) < 4.78 is 0. The largest absolute Gasteiger partial charge is 0.509 e. The molecule has 0 spiro atoms. The van der Waals surface area contributed by atoms with Crippen molar-refractivity contribution in [2.24, 2.45) is 0 Å². The van der Waals surface area contributed by atoms with Gasteiger partial charge in [-0.3, -0.25) is 4.98 Å². The van der Waals surface area contributed by atoms with Gasteiger partial charge in [0, 0.05) is 22.9 Å². The molecule has 2 aromatic carbocycles. The van der Waals surface area contributed by atoms with Crippen molar-refractivity contribution in [2.75, 3.05) is 0 Å². The maximum Gasteiger partial charge on any atom is 0.149 e. The van der Waals surface area contributed by atoms with E-state index < -0.39 is 0 Å². The van der Waals surface area contributed by atoms with Crippen LogP contribution < -0.4 is 21.9 Å². The fourth-order valence-electron chi connectivity index (χ4n) is 3.15. The lowest BCUT2D eigenvalue weighted by Crippen LogP contribution is -2.33. The summed E-state index contributed by atoms with van der Waals surface area (Å²) in [7, 11) is 7.57. The van der Waals surface area contributed by atoms with Gasteiger partial charge in [0.15, 0.2) is 0 Å². The lowest BCUT2D eigenvalue weighted by atomic mass is 9.71. The molecule has 0 unspecified atom stereocenters. The Balaban J connectivity index is 2.16. The fraction of sp³-hybridized carbons (Fsp3) is 0.0556. The smallest absolute Gasteiger partial charge is 0.149 e. The number of phenols is 2. The van der Waals surface area contributed by atoms with Crippen LogP contribution in [0.25, 0.3) is 22.4 Å². The first kappa shape index (κ1) is 17.3. The zero-order valence-corrected chi connectivity index (χ0v) is 15.3. The highest BCUT2D eigenvalue weighted by Crippen LogP contribution is 2.30. The number of pyridine rings is 1. The lowest BCUT2D eigenvalue weighted by Gasteiger charge is -2.18. The van der Waals surface area contributed by atoms with Crippen LogP contribution in [0.5, 0.6) is 11.5 Å². The summed E-state index contributed by atoms with van der Waals surface area (Å²) in [5, 5.41) is 20.7. The minimum atomic E-state index is 0.119. The molecule has 3 rings (SSSR count). The minimum absolute atomic E-state index is 0.119. The van der Waals surface area contributed by atoms with E-state index in [4.69, 9.17) is 0 Å². The van der Waals surface area contributed by atoms with Gasteiger partial charge in [0.1, 0.15) is 42.9 Å². The van der Waals surface area contributed by atoms with Crippen LogP contribution in [0.15, 0.2) is 36.5 Å². The standard InChI is InChI=1S/C18H19B4NO2/c1-8-6-12(9-2-4-10(19)5-3-9)23-7-11(8)13-14(20)15(21)18(25)16(22)17(13)24/h2-7,24-25H,19-22H2,1H3. The van der Waals surface area contributed by atoms with Crippen LogP contribution in [0.1, 0.15) is 5.56 Å². The van der Waals surface area contributed by atoms with Gasteiger partial charge in [-0.1, -0.05) is 40.7 Å². The second kappa shape index (κ2) is 6.40. The first-order valence-corrected chi connectivity index (χ1v) is 8.37. The van der Waals surface area contributed by atoms with Crippen LogP contribution >= 0.6 is 0 Å². The first-order valence-electron chi connectivity index (χ1n) is 8.37. The lowest BCUT2D eigenvalue weighted by molar-refractivity contribution is 0.463. The van der Waals surface area contributed by atoms with Gasteiger partial charge in [-0.15, -0.1) is 0 Å². The molecule has 0 amide bonds. The predicted octanol–water partition coefficient (Wildman–Crippen LogP) is -2.83. The Hall–Kier alpha value is -2.55. The van der Waals surface area contributed by atoms with E-state index in [1.165, 1.54) is 5.46 Å². The molecule has 7 heteroatoms. The van der Waals surface area contributed by atoms with Crippen molar-refractivity contribution >= 4 is 53.2 Å². The third-order valence-corrected chi connectivity index (χ3v) is 4.97. The summed E-state index contributed by atoms with van der Waals surface area (Å²) in [5.41, 5.74) is 8.01. The van der Waals surface area contributed by atoms with Gasteiger partial charge in [-0.25, -0.2) is 0 Å². The number of hydrogen-bond acceptors (Lipinski definition) is 3. The van der Waals surface area contributed by atoms with E-state index in [0.717, 1.165) is 38.9 Å². The summed E-state index contributed by atoms with van der Waals surface area (Å²) in [4.78, 5) is 4.61. The van der Waals surface area contributed by atoms with Gasteiger partial charge in [0.25, 0.3) is 0 Å². The fourth-order valence-corrected chi connectivity index (χ4v) is 3.15. The van der Waals surface area contributed by atoms with Crippen molar-refractivity contribution in [3.63, 3.8) is 0 Å². The third-order valence-electron chi connectivity index (χ3n) is 4.97. The molecule has 0 aliphatic carbocycles. The van der Waals surface area contributed by atoms with Crippen LogP contribution in [0.3, 0.4) is 0 Å². The molecule has 0 saturated heterocycles. The molecule has 120 valence electrons. The van der Waals surface area contributed by atoms with Crippen molar-refractivity contribution in [3.05, 3.63) is 42.1 Å². The molecule has 3 nitrogen and oxygen atoms in total. The summed E-state index contributed by atoms with van der Waals surface area (Å²) in [6, 6.07) is 10.3. The monoisotopic (exact) mass is 325 g/mol. The maximum atomic E-state index is 10.6. The van der Waals surface area contributed by atoms with E-state index >= 15 is 0 Å². The Morgan fingerprint density at radius 2 is 1.48 bits per heavy atom. The van der Waals surface area contributed by atoms with Gasteiger partial charge >= 0.3 is 0 Å². The Labute approximate surface area is 151 Å². The Bertz CT molecular complexity index is 943. The molecule has 0 atom stereocenters. The van der Waals surface area contributed by atoms with E-state index in [0.29, 0.717) is 5.46 Å². The molecule has 3 aromatic rings. The number of nitrogens with zero attached hydrogens (tertiary/aromatic N) is 1. The quantitative estimate of drug-likeness (QED) is 0.500. The summed E-state index contributed by atoms with van der Waals surface area (Å²) in [6.07, 6.45) is 1.81. The van der Waals surface area contributed by atoms with Gasteiger partial charge in [-0.2, -0.15) is 0 Å². The molecule has 1 aromatic heterocycles. The van der Waals surface area contributed by atoms with Crippen molar-refractivity contribution in [1.29, 1.82) is 0 Å². The average Bonchev–Trinajstić information content (AvgIpc) is 2.60. The highest BCUT2D eigenvalue weighted by Gasteiger charge is 2.19. The summed E-state index contributed by atoms with van der Waals surface area (Å²) >= 11 is 0. The van der Waals surface area contributed by atoms with Gasteiger partial charge in [0.2, 0.25) is 0 Å². The number of aryl methyl sites for hydroxylation is 1. The molecule has 1 heterocycles. The van der Waals surface area contributed by atoms with Gasteiger partial charge in [0.05, 0.1) is 5.69 Å². The number of benzene rings is 2. The molecule has 25 heavy (non-hydrogen) atoms. The Kier molecular flexibility index (Phi) is 4.42. The molecule has 0 fully saturated rings. The minimum Gasteiger partial charge on any atom is -0.509 e. The van der Waals surface area contributed by atoms with Crippen LogP contribution in [0.2, 0.25) is 0 Å². The molecular weight excluding hydrogens is 305 g/mol. The molecule has 0 aliphatic heterocycles. The van der Waals surface area contributed by atoms with E-state index in [-0.39, 0.29) is 11.5 Å².